The van der Waals surface area contributed by atoms with Crippen LogP contribution in [0.3, 0.4) is 0 Å². The summed E-state index contributed by atoms with van der Waals surface area (Å²) in [4.78, 5) is 20.9. The summed E-state index contributed by atoms with van der Waals surface area (Å²) in [6.07, 6.45) is 0. The Hall–Kier alpha value is -1.91. The Morgan fingerprint density at radius 1 is 1.43 bits per heavy atom. The lowest BCUT2D eigenvalue weighted by molar-refractivity contribution is -0.255. The van der Waals surface area contributed by atoms with E-state index in [0.29, 0.717) is 0 Å². The number of anilines is 1. The SMILES string of the molecule is CC(=O)Nc1ccc(C(=O)[O-])cc1F. The number of rotatable bonds is 2. The van der Waals surface area contributed by atoms with E-state index in [9.17, 15) is 19.1 Å². The molecular weight excluding hydrogens is 189 g/mol. The minimum absolute atomic E-state index is 0.0532. The van der Waals surface area contributed by atoms with Gasteiger partial charge in [-0.2, -0.15) is 0 Å². The van der Waals surface area contributed by atoms with E-state index < -0.39 is 17.7 Å². The number of benzene rings is 1. The highest BCUT2D eigenvalue weighted by atomic mass is 19.1. The van der Waals surface area contributed by atoms with Gasteiger partial charge in [0.1, 0.15) is 5.82 Å². The first-order valence-electron chi connectivity index (χ1n) is 3.79. The Balaban J connectivity index is 3.01. The highest BCUT2D eigenvalue weighted by Gasteiger charge is 2.04. The molecule has 0 aliphatic carbocycles. The maximum atomic E-state index is 13.1. The Labute approximate surface area is 79.4 Å². The maximum absolute atomic E-state index is 13.1. The van der Waals surface area contributed by atoms with Crippen LogP contribution in [0.4, 0.5) is 10.1 Å². The first-order valence-corrected chi connectivity index (χ1v) is 3.79. The summed E-state index contributed by atoms with van der Waals surface area (Å²) in [6, 6.07) is 3.12. The number of hydrogen-bond donors (Lipinski definition) is 1. The third-order valence-corrected chi connectivity index (χ3v) is 1.52. The Morgan fingerprint density at radius 2 is 2.07 bits per heavy atom. The van der Waals surface area contributed by atoms with Crippen LogP contribution in [0.25, 0.3) is 0 Å². The first kappa shape index (κ1) is 10.2. The summed E-state index contributed by atoms with van der Waals surface area (Å²) in [5.74, 6) is -2.69. The number of carboxylic acids is 1. The molecule has 0 aliphatic rings. The fourth-order valence-corrected chi connectivity index (χ4v) is 0.933. The summed E-state index contributed by atoms with van der Waals surface area (Å²) in [5.41, 5.74) is -0.320. The molecule has 0 atom stereocenters. The van der Waals surface area contributed by atoms with Gasteiger partial charge in [-0.15, -0.1) is 0 Å². The first-order chi connectivity index (χ1) is 6.50. The van der Waals surface area contributed by atoms with Crippen LogP contribution >= 0.6 is 0 Å². The maximum Gasteiger partial charge on any atom is 0.221 e. The number of aromatic carboxylic acids is 1. The molecule has 0 bridgehead atoms. The van der Waals surface area contributed by atoms with Crippen molar-refractivity contribution in [3.8, 4) is 0 Å². The number of nitrogens with one attached hydrogen (secondary N) is 1. The summed E-state index contributed by atoms with van der Waals surface area (Å²) in [6.45, 7) is 1.23. The van der Waals surface area contributed by atoms with E-state index in [1.165, 1.54) is 13.0 Å². The molecular formula is C9H7FNO3-. The van der Waals surface area contributed by atoms with Crippen molar-refractivity contribution >= 4 is 17.6 Å². The van der Waals surface area contributed by atoms with Gasteiger partial charge in [0.2, 0.25) is 5.91 Å². The van der Waals surface area contributed by atoms with Gasteiger partial charge in [-0.25, -0.2) is 4.39 Å². The molecule has 1 N–H and O–H groups in total. The number of carbonyl (C=O) groups is 2. The quantitative estimate of drug-likeness (QED) is 0.731. The predicted molar refractivity (Wildman–Crippen MR) is 45.0 cm³/mol. The van der Waals surface area contributed by atoms with Crippen LogP contribution in [0, 0.1) is 5.82 Å². The van der Waals surface area contributed by atoms with Crippen LogP contribution < -0.4 is 10.4 Å². The largest absolute Gasteiger partial charge is 0.545 e. The zero-order valence-corrected chi connectivity index (χ0v) is 7.33. The second kappa shape index (κ2) is 3.87. The van der Waals surface area contributed by atoms with Gasteiger partial charge in [0.25, 0.3) is 0 Å². The third kappa shape index (κ3) is 2.29. The predicted octanol–water partition coefficient (Wildman–Crippen LogP) is 0.148. The van der Waals surface area contributed by atoms with Crippen molar-refractivity contribution in [2.24, 2.45) is 0 Å². The van der Waals surface area contributed by atoms with Crippen LogP contribution in [0.2, 0.25) is 0 Å². The van der Waals surface area contributed by atoms with Gasteiger partial charge in [0.15, 0.2) is 0 Å². The average Bonchev–Trinajstić information content (AvgIpc) is 2.07. The third-order valence-electron chi connectivity index (χ3n) is 1.52. The molecule has 0 fully saturated rings. The lowest BCUT2D eigenvalue weighted by Crippen LogP contribution is -2.22. The second-order valence-corrected chi connectivity index (χ2v) is 2.66. The number of amides is 1. The van der Waals surface area contributed by atoms with E-state index in [1.807, 2.05) is 0 Å². The monoisotopic (exact) mass is 196 g/mol. The van der Waals surface area contributed by atoms with Crippen molar-refractivity contribution in [1.29, 1.82) is 0 Å². The van der Waals surface area contributed by atoms with Crippen LogP contribution in [0.1, 0.15) is 17.3 Å². The zero-order chi connectivity index (χ0) is 10.7. The molecule has 5 heteroatoms. The van der Waals surface area contributed by atoms with Crippen molar-refractivity contribution in [2.75, 3.05) is 5.32 Å². The molecule has 0 heterocycles. The fraction of sp³-hybridized carbons (Fsp3) is 0.111. The summed E-state index contributed by atoms with van der Waals surface area (Å²) >= 11 is 0. The molecule has 0 saturated heterocycles. The van der Waals surface area contributed by atoms with Crippen LogP contribution in [0.5, 0.6) is 0 Å². The topological polar surface area (TPSA) is 69.2 Å². The van der Waals surface area contributed by atoms with Crippen molar-refractivity contribution in [2.45, 2.75) is 6.92 Å². The molecule has 0 unspecified atom stereocenters. The van der Waals surface area contributed by atoms with Crippen molar-refractivity contribution in [1.82, 2.24) is 0 Å². The van der Waals surface area contributed by atoms with Gasteiger partial charge in [-0.1, -0.05) is 6.07 Å². The highest BCUT2D eigenvalue weighted by molar-refractivity contribution is 5.90. The van der Waals surface area contributed by atoms with E-state index in [2.05, 4.69) is 5.32 Å². The highest BCUT2D eigenvalue weighted by Crippen LogP contribution is 2.15. The molecule has 0 aromatic heterocycles. The number of carboxylic acid groups (broad SMARTS) is 1. The van der Waals surface area contributed by atoms with Crippen LogP contribution in [-0.4, -0.2) is 11.9 Å². The van der Waals surface area contributed by atoms with E-state index in [1.54, 1.807) is 0 Å². The minimum atomic E-state index is -1.46. The summed E-state index contributed by atoms with van der Waals surface area (Å²) < 4.78 is 13.1. The molecule has 1 aromatic rings. The summed E-state index contributed by atoms with van der Waals surface area (Å²) in [7, 11) is 0. The van der Waals surface area contributed by atoms with Gasteiger partial charge in [-0.05, 0) is 12.1 Å². The molecule has 0 spiro atoms. The van der Waals surface area contributed by atoms with E-state index >= 15 is 0 Å². The van der Waals surface area contributed by atoms with Gasteiger partial charge in [0, 0.05) is 12.5 Å². The molecule has 1 amide bonds. The van der Waals surface area contributed by atoms with E-state index in [-0.39, 0.29) is 11.3 Å². The van der Waals surface area contributed by atoms with Crippen molar-refractivity contribution in [3.63, 3.8) is 0 Å². The molecule has 74 valence electrons. The molecule has 1 rings (SSSR count). The van der Waals surface area contributed by atoms with Gasteiger partial charge in [0.05, 0.1) is 11.7 Å². The normalized spacial score (nSPS) is 9.57. The smallest absolute Gasteiger partial charge is 0.221 e. The molecule has 0 aliphatic heterocycles. The number of hydrogen-bond acceptors (Lipinski definition) is 3. The average molecular weight is 196 g/mol. The molecule has 1 aromatic carbocycles. The Bertz CT molecular complexity index is 390. The lowest BCUT2D eigenvalue weighted by atomic mass is 10.2. The molecule has 4 nitrogen and oxygen atoms in total. The second-order valence-electron chi connectivity index (χ2n) is 2.66. The van der Waals surface area contributed by atoms with Gasteiger partial charge < -0.3 is 15.2 Å². The minimum Gasteiger partial charge on any atom is -0.545 e. The van der Waals surface area contributed by atoms with E-state index in [4.69, 9.17) is 0 Å². The lowest BCUT2D eigenvalue weighted by Gasteiger charge is -2.06. The molecule has 0 saturated carbocycles. The zero-order valence-electron chi connectivity index (χ0n) is 7.33. The fourth-order valence-electron chi connectivity index (χ4n) is 0.933. The van der Waals surface area contributed by atoms with E-state index in [0.717, 1.165) is 12.1 Å². The van der Waals surface area contributed by atoms with Crippen LogP contribution in [-0.2, 0) is 4.79 Å². The van der Waals surface area contributed by atoms with Crippen molar-refractivity contribution in [3.05, 3.63) is 29.6 Å². The van der Waals surface area contributed by atoms with Gasteiger partial charge in [-0.3, -0.25) is 4.79 Å². The molecule has 14 heavy (non-hydrogen) atoms. The standard InChI is InChI=1S/C9H8FNO3/c1-5(12)11-8-3-2-6(9(13)14)4-7(8)10/h2-4H,1H3,(H,11,12)(H,13,14)/p-1. The Kier molecular flexibility index (Phi) is 2.81. The van der Waals surface area contributed by atoms with Crippen LogP contribution in [0.15, 0.2) is 18.2 Å². The van der Waals surface area contributed by atoms with Crippen molar-refractivity contribution < 1.29 is 19.1 Å². The molecule has 0 radical (unpaired) electrons. The number of carbonyl (C=O) groups excluding carboxylic acids is 2. The summed E-state index contributed by atoms with van der Waals surface area (Å²) in [5, 5.41) is 12.5. The Morgan fingerprint density at radius 3 is 2.50 bits per heavy atom. The number of halogens is 1. The van der Waals surface area contributed by atoms with Gasteiger partial charge >= 0.3 is 0 Å².